The normalized spacial score (nSPS) is 10.6. The molecule has 0 unspecified atom stereocenters. The van der Waals surface area contributed by atoms with Gasteiger partial charge in [-0.1, -0.05) is 22.9 Å². The van der Waals surface area contributed by atoms with Crippen LogP contribution in [0.15, 0.2) is 42.5 Å². The molecule has 2 aromatic carbocycles. The topological polar surface area (TPSA) is 60.5 Å². The van der Waals surface area contributed by atoms with Crippen molar-refractivity contribution in [3.05, 3.63) is 47.5 Å². The van der Waals surface area contributed by atoms with Crippen LogP contribution < -0.4 is 14.8 Å². The standard InChI is InChI=1S/C17H15ClN2O3S/c1-2-22-13-7-8-14-15(9-13)24-17(19-14)20-16(21)10-23-12-5-3-11(18)4-6-12/h3-9H,2,10H2,1H3,(H,19,20,21). The predicted octanol–water partition coefficient (Wildman–Crippen LogP) is 4.37. The number of nitrogens with zero attached hydrogens (tertiary/aromatic N) is 1. The number of amides is 1. The summed E-state index contributed by atoms with van der Waals surface area (Å²) in [4.78, 5) is 16.4. The number of rotatable bonds is 6. The summed E-state index contributed by atoms with van der Waals surface area (Å²) >= 11 is 7.19. The Balaban J connectivity index is 1.61. The van der Waals surface area contributed by atoms with Gasteiger partial charge in [-0.05, 0) is 49.4 Å². The Morgan fingerprint density at radius 3 is 2.67 bits per heavy atom. The lowest BCUT2D eigenvalue weighted by Gasteiger charge is -2.05. The second-order valence-corrected chi connectivity index (χ2v) is 6.34. The minimum atomic E-state index is -0.269. The van der Waals surface area contributed by atoms with E-state index in [2.05, 4.69) is 10.3 Å². The summed E-state index contributed by atoms with van der Waals surface area (Å²) in [7, 11) is 0. The fourth-order valence-electron chi connectivity index (χ4n) is 2.05. The molecule has 1 N–H and O–H groups in total. The largest absolute Gasteiger partial charge is 0.494 e. The minimum absolute atomic E-state index is 0.0955. The number of ether oxygens (including phenoxy) is 2. The van der Waals surface area contributed by atoms with Gasteiger partial charge in [0, 0.05) is 5.02 Å². The second kappa shape index (κ2) is 7.51. The van der Waals surface area contributed by atoms with Gasteiger partial charge in [-0.15, -0.1) is 0 Å². The molecule has 0 bridgehead atoms. The second-order valence-electron chi connectivity index (χ2n) is 4.87. The Morgan fingerprint density at radius 2 is 1.92 bits per heavy atom. The van der Waals surface area contributed by atoms with Gasteiger partial charge >= 0.3 is 0 Å². The van der Waals surface area contributed by atoms with Gasteiger partial charge in [0.15, 0.2) is 11.7 Å². The molecule has 1 aromatic heterocycles. The van der Waals surface area contributed by atoms with Crippen molar-refractivity contribution in [1.29, 1.82) is 0 Å². The molecule has 1 amide bonds. The first-order chi connectivity index (χ1) is 11.6. The number of carbonyl (C=O) groups excluding carboxylic acids is 1. The highest BCUT2D eigenvalue weighted by Gasteiger charge is 2.09. The Kier molecular flexibility index (Phi) is 5.17. The highest BCUT2D eigenvalue weighted by molar-refractivity contribution is 7.22. The first-order valence-electron chi connectivity index (χ1n) is 7.35. The van der Waals surface area contributed by atoms with Crippen molar-refractivity contribution in [3.8, 4) is 11.5 Å². The van der Waals surface area contributed by atoms with E-state index in [4.69, 9.17) is 21.1 Å². The van der Waals surface area contributed by atoms with Crippen LogP contribution in [-0.2, 0) is 4.79 Å². The zero-order valence-corrected chi connectivity index (χ0v) is 14.5. The Bertz CT molecular complexity index is 849. The first kappa shape index (κ1) is 16.5. The van der Waals surface area contributed by atoms with Gasteiger partial charge in [0.2, 0.25) is 0 Å². The fraction of sp³-hybridized carbons (Fsp3) is 0.176. The van der Waals surface area contributed by atoms with Crippen LogP contribution >= 0.6 is 22.9 Å². The molecule has 0 aliphatic rings. The van der Waals surface area contributed by atoms with Gasteiger partial charge in [0.05, 0.1) is 16.8 Å². The van der Waals surface area contributed by atoms with Crippen molar-refractivity contribution in [2.75, 3.05) is 18.5 Å². The van der Waals surface area contributed by atoms with Crippen LogP contribution in [0.4, 0.5) is 5.13 Å². The van der Waals surface area contributed by atoms with Gasteiger partial charge < -0.3 is 9.47 Å². The van der Waals surface area contributed by atoms with E-state index in [1.54, 1.807) is 24.3 Å². The van der Waals surface area contributed by atoms with Crippen LogP contribution in [0.25, 0.3) is 10.2 Å². The van der Waals surface area contributed by atoms with E-state index in [1.807, 2.05) is 25.1 Å². The van der Waals surface area contributed by atoms with Crippen LogP contribution in [-0.4, -0.2) is 24.1 Å². The van der Waals surface area contributed by atoms with Gasteiger partial charge in [-0.3, -0.25) is 10.1 Å². The van der Waals surface area contributed by atoms with Gasteiger partial charge in [-0.2, -0.15) is 0 Å². The van der Waals surface area contributed by atoms with Crippen molar-refractivity contribution in [1.82, 2.24) is 4.98 Å². The minimum Gasteiger partial charge on any atom is -0.494 e. The van der Waals surface area contributed by atoms with Crippen molar-refractivity contribution >= 4 is 44.2 Å². The van der Waals surface area contributed by atoms with Crippen LogP contribution in [0.1, 0.15) is 6.92 Å². The van der Waals surface area contributed by atoms with Crippen LogP contribution in [0, 0.1) is 0 Å². The van der Waals surface area contributed by atoms with E-state index in [0.29, 0.717) is 22.5 Å². The molecule has 3 rings (SSSR count). The molecule has 124 valence electrons. The number of hydrogen-bond donors (Lipinski definition) is 1. The number of fused-ring (bicyclic) bond motifs is 1. The van der Waals surface area contributed by atoms with E-state index in [-0.39, 0.29) is 12.5 Å². The zero-order valence-electron chi connectivity index (χ0n) is 12.9. The molecule has 0 saturated heterocycles. The zero-order chi connectivity index (χ0) is 16.9. The third kappa shape index (κ3) is 4.15. The summed E-state index contributed by atoms with van der Waals surface area (Å²) in [5.41, 5.74) is 0.817. The molecule has 0 fully saturated rings. The number of carbonyl (C=O) groups is 1. The molecular formula is C17H15ClN2O3S. The molecule has 5 nitrogen and oxygen atoms in total. The highest BCUT2D eigenvalue weighted by Crippen LogP contribution is 2.29. The van der Waals surface area contributed by atoms with Crippen molar-refractivity contribution in [3.63, 3.8) is 0 Å². The van der Waals surface area contributed by atoms with E-state index in [9.17, 15) is 4.79 Å². The van der Waals surface area contributed by atoms with Crippen LogP contribution in [0.3, 0.4) is 0 Å². The maximum absolute atomic E-state index is 12.0. The Hall–Kier alpha value is -2.31. The number of thiazole rings is 1. The molecule has 1 heterocycles. The fourth-order valence-corrected chi connectivity index (χ4v) is 3.09. The van der Waals surface area contributed by atoms with E-state index < -0.39 is 0 Å². The lowest BCUT2D eigenvalue weighted by Crippen LogP contribution is -2.19. The highest BCUT2D eigenvalue weighted by atomic mass is 35.5. The molecule has 0 saturated carbocycles. The Labute approximate surface area is 148 Å². The van der Waals surface area contributed by atoms with E-state index >= 15 is 0 Å². The number of benzene rings is 2. The molecule has 3 aromatic rings. The maximum Gasteiger partial charge on any atom is 0.264 e. The van der Waals surface area contributed by atoms with E-state index in [0.717, 1.165) is 16.0 Å². The molecule has 0 aliphatic heterocycles. The lowest BCUT2D eigenvalue weighted by molar-refractivity contribution is -0.118. The van der Waals surface area contributed by atoms with Gasteiger partial charge in [0.1, 0.15) is 11.5 Å². The number of aromatic nitrogens is 1. The summed E-state index contributed by atoms with van der Waals surface area (Å²) in [6.07, 6.45) is 0. The molecule has 0 radical (unpaired) electrons. The molecule has 0 aliphatic carbocycles. The average Bonchev–Trinajstić information content (AvgIpc) is 2.96. The van der Waals surface area contributed by atoms with Crippen LogP contribution in [0.2, 0.25) is 5.02 Å². The number of halogens is 1. The number of hydrogen-bond acceptors (Lipinski definition) is 5. The van der Waals surface area contributed by atoms with Crippen molar-refractivity contribution in [2.45, 2.75) is 6.92 Å². The van der Waals surface area contributed by atoms with Gasteiger partial charge in [-0.25, -0.2) is 4.98 Å². The van der Waals surface area contributed by atoms with E-state index in [1.165, 1.54) is 11.3 Å². The molecule has 24 heavy (non-hydrogen) atoms. The first-order valence-corrected chi connectivity index (χ1v) is 8.55. The smallest absolute Gasteiger partial charge is 0.264 e. The number of anilines is 1. The quantitative estimate of drug-likeness (QED) is 0.707. The number of nitrogens with one attached hydrogen (secondary N) is 1. The molecular weight excluding hydrogens is 348 g/mol. The molecule has 7 heteroatoms. The third-order valence-corrected chi connectivity index (χ3v) is 4.29. The van der Waals surface area contributed by atoms with Gasteiger partial charge in [0.25, 0.3) is 5.91 Å². The van der Waals surface area contributed by atoms with Crippen molar-refractivity contribution < 1.29 is 14.3 Å². The SMILES string of the molecule is CCOc1ccc2nc(NC(=O)COc3ccc(Cl)cc3)sc2c1. The lowest BCUT2D eigenvalue weighted by atomic mass is 10.3. The molecule has 0 spiro atoms. The summed E-state index contributed by atoms with van der Waals surface area (Å²) in [6.45, 7) is 2.45. The average molecular weight is 363 g/mol. The summed E-state index contributed by atoms with van der Waals surface area (Å²) in [5.74, 6) is 1.10. The Morgan fingerprint density at radius 1 is 1.17 bits per heavy atom. The molecule has 0 atom stereocenters. The summed E-state index contributed by atoms with van der Waals surface area (Å²) < 4.78 is 11.8. The third-order valence-electron chi connectivity index (χ3n) is 3.10. The summed E-state index contributed by atoms with van der Waals surface area (Å²) in [5, 5.41) is 3.89. The van der Waals surface area contributed by atoms with Crippen LogP contribution in [0.5, 0.6) is 11.5 Å². The monoisotopic (exact) mass is 362 g/mol. The van der Waals surface area contributed by atoms with Crippen molar-refractivity contribution in [2.24, 2.45) is 0 Å². The summed E-state index contributed by atoms with van der Waals surface area (Å²) in [6, 6.07) is 12.5. The predicted molar refractivity (Wildman–Crippen MR) is 96.4 cm³/mol. The maximum atomic E-state index is 12.0.